The summed E-state index contributed by atoms with van der Waals surface area (Å²) in [5.41, 5.74) is 0. The van der Waals surface area contributed by atoms with E-state index in [0.29, 0.717) is 19.3 Å². The van der Waals surface area contributed by atoms with Crippen LogP contribution in [0.4, 0.5) is 0 Å². The third-order valence-corrected chi connectivity index (χ3v) is 14.3. The maximum Gasteiger partial charge on any atom is 0.306 e. The molecule has 0 aromatic carbocycles. The summed E-state index contributed by atoms with van der Waals surface area (Å²) >= 11 is 0. The van der Waals surface area contributed by atoms with Gasteiger partial charge in [-0.3, -0.25) is 14.4 Å². The quantitative estimate of drug-likeness (QED) is 0.0261. The minimum absolute atomic E-state index is 0.0657. The molecule has 0 saturated carbocycles. The molecule has 0 bridgehead atoms. The topological polar surface area (TPSA) is 78.9 Å². The Hall–Kier alpha value is -2.63. The third kappa shape index (κ3) is 60.1. The first-order valence-electron chi connectivity index (χ1n) is 32.1. The molecular formula is C67H122O6. The number of carbonyl (C=O) groups excluding carboxylic acids is 3. The van der Waals surface area contributed by atoms with Crippen molar-refractivity contribution in [2.75, 3.05) is 13.2 Å². The maximum atomic E-state index is 12.8. The first-order chi connectivity index (χ1) is 36.0. The van der Waals surface area contributed by atoms with E-state index in [2.05, 4.69) is 69.4 Å². The number of unbranched alkanes of at least 4 members (excludes halogenated alkanes) is 40. The molecule has 0 heterocycles. The van der Waals surface area contributed by atoms with Crippen LogP contribution in [0.5, 0.6) is 0 Å². The summed E-state index contributed by atoms with van der Waals surface area (Å²) in [6, 6.07) is 0. The van der Waals surface area contributed by atoms with Gasteiger partial charge in [-0.25, -0.2) is 0 Å². The second-order valence-electron chi connectivity index (χ2n) is 21.7. The SMILES string of the molecule is CC/C=C\C/C=C\C/C=C\C/C=C\CCCCCCCCCCCCCCCCCCCCC(=O)OCC(COC(=O)CCCCCCCCCCCCC)OC(=O)CCCCCCCCCCCCCCC. The van der Waals surface area contributed by atoms with Crippen molar-refractivity contribution in [3.63, 3.8) is 0 Å². The van der Waals surface area contributed by atoms with Crippen molar-refractivity contribution in [1.82, 2.24) is 0 Å². The van der Waals surface area contributed by atoms with Crippen LogP contribution in [0.3, 0.4) is 0 Å². The Kier molecular flexibility index (Phi) is 59.7. The summed E-state index contributed by atoms with van der Waals surface area (Å²) in [5.74, 6) is -0.844. The first-order valence-corrected chi connectivity index (χ1v) is 32.1. The number of hydrogen-bond acceptors (Lipinski definition) is 6. The average molecular weight is 1020 g/mol. The van der Waals surface area contributed by atoms with Gasteiger partial charge in [0.2, 0.25) is 0 Å². The molecule has 0 aromatic rings. The van der Waals surface area contributed by atoms with Gasteiger partial charge < -0.3 is 14.2 Å². The molecule has 6 nitrogen and oxygen atoms in total. The van der Waals surface area contributed by atoms with Gasteiger partial charge in [0.15, 0.2) is 6.10 Å². The Morgan fingerprint density at radius 2 is 0.534 bits per heavy atom. The highest BCUT2D eigenvalue weighted by atomic mass is 16.6. The van der Waals surface area contributed by atoms with E-state index in [4.69, 9.17) is 14.2 Å². The Labute approximate surface area is 454 Å². The molecule has 0 aliphatic rings. The van der Waals surface area contributed by atoms with Gasteiger partial charge in [-0.2, -0.15) is 0 Å². The molecule has 0 saturated heterocycles. The average Bonchev–Trinajstić information content (AvgIpc) is 3.39. The number of esters is 3. The smallest absolute Gasteiger partial charge is 0.306 e. The lowest BCUT2D eigenvalue weighted by Gasteiger charge is -2.18. The predicted molar refractivity (Wildman–Crippen MR) is 316 cm³/mol. The van der Waals surface area contributed by atoms with Gasteiger partial charge in [0.1, 0.15) is 13.2 Å². The zero-order valence-corrected chi connectivity index (χ0v) is 48.9. The van der Waals surface area contributed by atoms with E-state index in [1.165, 1.54) is 218 Å². The van der Waals surface area contributed by atoms with Gasteiger partial charge in [-0.1, -0.05) is 313 Å². The fraction of sp³-hybridized carbons (Fsp3) is 0.836. The molecule has 6 heteroatoms. The van der Waals surface area contributed by atoms with Crippen molar-refractivity contribution in [3.8, 4) is 0 Å². The lowest BCUT2D eigenvalue weighted by Crippen LogP contribution is -2.30. The van der Waals surface area contributed by atoms with Crippen molar-refractivity contribution < 1.29 is 28.6 Å². The van der Waals surface area contributed by atoms with Crippen LogP contribution in [0.15, 0.2) is 48.6 Å². The van der Waals surface area contributed by atoms with Crippen LogP contribution in [-0.4, -0.2) is 37.2 Å². The minimum Gasteiger partial charge on any atom is -0.462 e. The second kappa shape index (κ2) is 61.9. The Morgan fingerprint density at radius 3 is 0.836 bits per heavy atom. The standard InChI is InChI=1S/C67H122O6/c1-4-7-10-13-16-19-22-24-25-26-27-28-29-30-31-32-33-34-35-36-37-38-39-40-41-43-45-48-51-54-57-60-66(69)72-63-64(62-71-65(68)59-56-53-50-47-44-21-18-15-12-9-6-3)73-67(70)61-58-55-52-49-46-42-23-20-17-14-11-8-5-2/h7,10,16,19,24-25,27-28,64H,4-6,8-9,11-15,17-18,20-23,26,29-63H2,1-3H3/b10-7-,19-16-,25-24-,28-27-. The molecule has 0 N–H and O–H groups in total. The van der Waals surface area contributed by atoms with Crippen LogP contribution >= 0.6 is 0 Å². The first kappa shape index (κ1) is 70.4. The van der Waals surface area contributed by atoms with E-state index in [9.17, 15) is 14.4 Å². The lowest BCUT2D eigenvalue weighted by atomic mass is 10.0. The molecule has 1 unspecified atom stereocenters. The number of hydrogen-bond donors (Lipinski definition) is 0. The van der Waals surface area contributed by atoms with Crippen molar-refractivity contribution in [3.05, 3.63) is 48.6 Å². The van der Waals surface area contributed by atoms with Gasteiger partial charge in [0, 0.05) is 19.3 Å². The lowest BCUT2D eigenvalue weighted by molar-refractivity contribution is -0.167. The molecule has 0 amide bonds. The molecule has 0 fully saturated rings. The highest BCUT2D eigenvalue weighted by molar-refractivity contribution is 5.71. The fourth-order valence-corrected chi connectivity index (χ4v) is 9.56. The highest BCUT2D eigenvalue weighted by Crippen LogP contribution is 2.18. The largest absolute Gasteiger partial charge is 0.462 e. The van der Waals surface area contributed by atoms with Gasteiger partial charge >= 0.3 is 17.9 Å². The Balaban J connectivity index is 4.07. The maximum absolute atomic E-state index is 12.8. The fourth-order valence-electron chi connectivity index (χ4n) is 9.56. The molecule has 0 radical (unpaired) electrons. The van der Waals surface area contributed by atoms with E-state index in [1.807, 2.05) is 0 Å². The zero-order valence-electron chi connectivity index (χ0n) is 48.9. The number of ether oxygens (including phenoxy) is 3. The van der Waals surface area contributed by atoms with Gasteiger partial charge in [-0.05, 0) is 57.8 Å². The van der Waals surface area contributed by atoms with E-state index in [1.54, 1.807) is 0 Å². The van der Waals surface area contributed by atoms with Crippen LogP contribution in [-0.2, 0) is 28.6 Å². The van der Waals surface area contributed by atoms with Crippen LogP contribution in [0.2, 0.25) is 0 Å². The van der Waals surface area contributed by atoms with Crippen LogP contribution in [0.25, 0.3) is 0 Å². The Morgan fingerprint density at radius 1 is 0.288 bits per heavy atom. The summed E-state index contributed by atoms with van der Waals surface area (Å²) in [6.45, 7) is 6.57. The molecule has 0 aliphatic carbocycles. The minimum atomic E-state index is -0.766. The predicted octanol–water partition coefficient (Wildman–Crippen LogP) is 21.8. The van der Waals surface area contributed by atoms with Crippen molar-refractivity contribution >= 4 is 17.9 Å². The monoisotopic (exact) mass is 1020 g/mol. The van der Waals surface area contributed by atoms with Gasteiger partial charge in [0.25, 0.3) is 0 Å². The summed E-state index contributed by atoms with van der Waals surface area (Å²) < 4.78 is 16.9. The Bertz CT molecular complexity index is 1270. The summed E-state index contributed by atoms with van der Waals surface area (Å²) in [4.78, 5) is 38.2. The zero-order chi connectivity index (χ0) is 52.9. The van der Waals surface area contributed by atoms with Crippen LogP contribution in [0, 0.1) is 0 Å². The highest BCUT2D eigenvalue weighted by Gasteiger charge is 2.19. The van der Waals surface area contributed by atoms with E-state index < -0.39 is 6.10 Å². The molecular weight excluding hydrogens is 901 g/mol. The molecule has 0 aromatic heterocycles. The van der Waals surface area contributed by atoms with Crippen LogP contribution in [0.1, 0.15) is 342 Å². The second-order valence-corrected chi connectivity index (χ2v) is 21.7. The van der Waals surface area contributed by atoms with Gasteiger partial charge in [0.05, 0.1) is 0 Å². The van der Waals surface area contributed by atoms with Crippen molar-refractivity contribution in [2.24, 2.45) is 0 Å². The molecule has 1 atom stereocenters. The van der Waals surface area contributed by atoms with E-state index in [-0.39, 0.29) is 31.1 Å². The molecule has 0 aliphatic heterocycles. The number of allylic oxidation sites excluding steroid dienone is 8. The molecule has 426 valence electrons. The summed E-state index contributed by atoms with van der Waals surface area (Å²) in [6.07, 6.45) is 77.1. The number of carbonyl (C=O) groups is 3. The van der Waals surface area contributed by atoms with Crippen molar-refractivity contribution in [2.45, 2.75) is 348 Å². The third-order valence-electron chi connectivity index (χ3n) is 14.3. The normalized spacial score (nSPS) is 12.3. The van der Waals surface area contributed by atoms with Gasteiger partial charge in [-0.15, -0.1) is 0 Å². The van der Waals surface area contributed by atoms with E-state index in [0.717, 1.165) is 83.5 Å². The summed E-state index contributed by atoms with van der Waals surface area (Å²) in [5, 5.41) is 0. The number of rotatable bonds is 59. The molecule has 0 rings (SSSR count). The summed E-state index contributed by atoms with van der Waals surface area (Å²) in [7, 11) is 0. The molecule has 0 spiro atoms. The van der Waals surface area contributed by atoms with Crippen molar-refractivity contribution in [1.29, 1.82) is 0 Å². The van der Waals surface area contributed by atoms with E-state index >= 15 is 0 Å². The van der Waals surface area contributed by atoms with Crippen LogP contribution < -0.4 is 0 Å². The molecule has 73 heavy (non-hydrogen) atoms.